The van der Waals surface area contributed by atoms with E-state index in [1.165, 1.54) is 6.92 Å². The Labute approximate surface area is 226 Å². The van der Waals surface area contributed by atoms with Gasteiger partial charge in [0.25, 0.3) is 0 Å². The zero-order valence-electron chi connectivity index (χ0n) is 21.4. The lowest BCUT2D eigenvalue weighted by molar-refractivity contribution is 0.101. The number of nitrogens with zero attached hydrogens (tertiary/aromatic N) is 3. The van der Waals surface area contributed by atoms with Crippen LogP contribution in [0.4, 0.5) is 21.0 Å². The monoisotopic (exact) mass is 532 g/mol. The fourth-order valence-electron chi connectivity index (χ4n) is 4.92. The highest BCUT2D eigenvalue weighted by Crippen LogP contribution is 2.47. The van der Waals surface area contributed by atoms with E-state index < -0.39 is 11.5 Å². The van der Waals surface area contributed by atoms with Gasteiger partial charge in [-0.15, -0.1) is 11.6 Å². The van der Waals surface area contributed by atoms with E-state index in [0.717, 1.165) is 29.4 Å². The molecule has 3 aromatic rings. The Morgan fingerprint density at radius 3 is 2.45 bits per heavy atom. The van der Waals surface area contributed by atoms with Crippen LogP contribution in [-0.2, 0) is 0 Å². The Bertz CT molecular complexity index is 1450. The topological polar surface area (TPSA) is 82.2 Å². The number of carbonyl (C=O) groups excluding carboxylic acids is 3. The SMILES string of the molecule is C=Cc1cc(C(C)=O)ccc1NC(=O)N1C[C@@H](Cl)c2c1cc(OC(=O)N1CCN(C)CC1)c1ccccc21. The molecule has 9 heteroatoms. The van der Waals surface area contributed by atoms with Gasteiger partial charge in [0.15, 0.2) is 5.78 Å². The molecule has 2 aliphatic rings. The first-order valence-electron chi connectivity index (χ1n) is 12.5. The molecular weight excluding hydrogens is 504 g/mol. The first kappa shape index (κ1) is 25.8. The van der Waals surface area contributed by atoms with Crippen LogP contribution in [0.2, 0.25) is 0 Å². The number of fused-ring (bicyclic) bond motifs is 3. The summed E-state index contributed by atoms with van der Waals surface area (Å²) in [4.78, 5) is 43.7. The molecule has 0 aromatic heterocycles. The van der Waals surface area contributed by atoms with Gasteiger partial charge in [-0.05, 0) is 43.1 Å². The van der Waals surface area contributed by atoms with Crippen LogP contribution in [-0.4, -0.2) is 67.5 Å². The van der Waals surface area contributed by atoms with E-state index >= 15 is 0 Å². The molecule has 0 saturated carbocycles. The fraction of sp³-hybridized carbons (Fsp3) is 0.276. The lowest BCUT2D eigenvalue weighted by Crippen LogP contribution is -2.48. The van der Waals surface area contributed by atoms with E-state index in [1.54, 1.807) is 40.1 Å². The van der Waals surface area contributed by atoms with Gasteiger partial charge in [-0.2, -0.15) is 0 Å². The summed E-state index contributed by atoms with van der Waals surface area (Å²) in [7, 11) is 2.02. The van der Waals surface area contributed by atoms with Gasteiger partial charge in [-0.3, -0.25) is 9.69 Å². The predicted molar refractivity (Wildman–Crippen MR) is 151 cm³/mol. The van der Waals surface area contributed by atoms with Crippen LogP contribution in [0, 0.1) is 0 Å². The summed E-state index contributed by atoms with van der Waals surface area (Å²) >= 11 is 6.78. The summed E-state index contributed by atoms with van der Waals surface area (Å²) in [5.41, 5.74) is 3.09. The van der Waals surface area contributed by atoms with E-state index in [-0.39, 0.29) is 18.4 Å². The molecule has 0 radical (unpaired) electrons. The average molecular weight is 533 g/mol. The highest BCUT2D eigenvalue weighted by Gasteiger charge is 2.35. The molecule has 1 saturated heterocycles. The molecule has 1 fully saturated rings. The van der Waals surface area contributed by atoms with Gasteiger partial charge in [0.05, 0.1) is 11.1 Å². The Balaban J connectivity index is 1.47. The first-order valence-corrected chi connectivity index (χ1v) is 12.9. The van der Waals surface area contributed by atoms with Crippen molar-refractivity contribution in [1.29, 1.82) is 0 Å². The molecule has 0 aliphatic carbocycles. The molecule has 8 nitrogen and oxygen atoms in total. The van der Waals surface area contributed by atoms with Crippen molar-refractivity contribution in [2.45, 2.75) is 12.3 Å². The van der Waals surface area contributed by atoms with Crippen LogP contribution in [0.25, 0.3) is 16.8 Å². The van der Waals surface area contributed by atoms with Crippen molar-refractivity contribution in [3.63, 3.8) is 0 Å². The number of anilines is 2. The molecule has 38 heavy (non-hydrogen) atoms. The number of ether oxygens (including phenoxy) is 1. The van der Waals surface area contributed by atoms with Crippen LogP contribution < -0.4 is 15.0 Å². The Kier molecular flexibility index (Phi) is 7.10. The number of Topliss-reactive ketones (excluding diaryl/α,β-unsaturated/α-hetero) is 1. The number of benzene rings is 3. The maximum atomic E-state index is 13.5. The van der Waals surface area contributed by atoms with Crippen molar-refractivity contribution in [3.05, 3.63) is 71.8 Å². The summed E-state index contributed by atoms with van der Waals surface area (Å²) in [6, 6.07) is 14.0. The third-order valence-corrected chi connectivity index (χ3v) is 7.45. The molecule has 1 atom stereocenters. The number of urea groups is 1. The number of amides is 3. The van der Waals surface area contributed by atoms with Gasteiger partial charge in [0, 0.05) is 61.0 Å². The fourth-order valence-corrected chi connectivity index (χ4v) is 5.29. The predicted octanol–water partition coefficient (Wildman–Crippen LogP) is 5.76. The number of alkyl halides is 1. The number of hydrogen-bond acceptors (Lipinski definition) is 5. The minimum absolute atomic E-state index is 0.0741. The van der Waals surface area contributed by atoms with Gasteiger partial charge in [0.2, 0.25) is 0 Å². The Hall–Kier alpha value is -3.88. The van der Waals surface area contributed by atoms with Gasteiger partial charge >= 0.3 is 12.1 Å². The summed E-state index contributed by atoms with van der Waals surface area (Å²) in [5, 5.41) is 4.07. The van der Waals surface area contributed by atoms with Crippen LogP contribution >= 0.6 is 11.6 Å². The zero-order chi connectivity index (χ0) is 27.0. The van der Waals surface area contributed by atoms with Gasteiger partial charge in [0.1, 0.15) is 5.75 Å². The van der Waals surface area contributed by atoms with Crippen LogP contribution in [0.3, 0.4) is 0 Å². The third-order valence-electron chi connectivity index (χ3n) is 7.10. The maximum absolute atomic E-state index is 13.5. The standard InChI is InChI=1S/C29H29ClN4O4/c1-4-19-15-20(18(2)35)9-10-24(19)31-28(36)34-17-23(30)27-22-8-6-5-7-21(22)26(16-25(27)34)38-29(37)33-13-11-32(3)12-14-33/h4-10,15-16,23H,1,11-14,17H2,2-3H3,(H,31,36)/t23-/m1/s1. The number of halogens is 1. The number of rotatable bonds is 4. The summed E-state index contributed by atoms with van der Waals surface area (Å²) in [6.07, 6.45) is 1.18. The molecular formula is C29H29ClN4O4. The van der Waals surface area contributed by atoms with Gasteiger partial charge in [-0.1, -0.05) is 36.9 Å². The molecule has 3 amide bonds. The van der Waals surface area contributed by atoms with Crippen molar-refractivity contribution in [2.24, 2.45) is 0 Å². The molecule has 1 N–H and O–H groups in total. The quantitative estimate of drug-likeness (QED) is 0.341. The number of piperazine rings is 1. The Morgan fingerprint density at radius 1 is 1.05 bits per heavy atom. The zero-order valence-corrected chi connectivity index (χ0v) is 22.1. The van der Waals surface area contributed by atoms with Crippen molar-refractivity contribution >= 4 is 57.7 Å². The van der Waals surface area contributed by atoms with E-state index in [2.05, 4.69) is 16.8 Å². The smallest absolute Gasteiger partial charge is 0.409 e. The highest BCUT2D eigenvalue weighted by atomic mass is 35.5. The third kappa shape index (κ3) is 4.85. The van der Waals surface area contributed by atoms with Gasteiger partial charge < -0.3 is 19.9 Å². The second kappa shape index (κ2) is 10.5. The van der Waals surface area contributed by atoms with Crippen molar-refractivity contribution in [1.82, 2.24) is 9.80 Å². The van der Waals surface area contributed by atoms with Crippen LogP contribution in [0.5, 0.6) is 5.75 Å². The van der Waals surface area contributed by atoms with E-state index in [0.29, 0.717) is 41.3 Å². The van der Waals surface area contributed by atoms with E-state index in [1.807, 2.05) is 31.3 Å². The molecule has 0 spiro atoms. The number of ketones is 1. The molecule has 196 valence electrons. The molecule has 3 aromatic carbocycles. The molecule has 2 aliphatic heterocycles. The van der Waals surface area contributed by atoms with E-state index in [9.17, 15) is 14.4 Å². The van der Waals surface area contributed by atoms with Crippen molar-refractivity contribution in [2.75, 3.05) is 50.0 Å². The summed E-state index contributed by atoms with van der Waals surface area (Å²) < 4.78 is 5.90. The van der Waals surface area contributed by atoms with Crippen LogP contribution in [0.1, 0.15) is 33.8 Å². The van der Waals surface area contributed by atoms with E-state index in [4.69, 9.17) is 16.3 Å². The van der Waals surface area contributed by atoms with Crippen molar-refractivity contribution < 1.29 is 19.1 Å². The summed E-state index contributed by atoms with van der Waals surface area (Å²) in [5.74, 6) is 0.305. The van der Waals surface area contributed by atoms with Crippen molar-refractivity contribution in [3.8, 4) is 5.75 Å². The minimum atomic E-state index is -0.443. The maximum Gasteiger partial charge on any atom is 0.415 e. The minimum Gasteiger partial charge on any atom is -0.409 e. The number of likely N-dealkylation sites (N-methyl/N-ethyl adjacent to an activating group) is 1. The number of hydrogen-bond donors (Lipinski definition) is 1. The second-order valence-electron chi connectivity index (χ2n) is 9.58. The molecule has 0 bridgehead atoms. The first-order chi connectivity index (χ1) is 18.3. The highest BCUT2D eigenvalue weighted by molar-refractivity contribution is 6.25. The molecule has 2 heterocycles. The van der Waals surface area contributed by atoms with Crippen LogP contribution in [0.15, 0.2) is 55.1 Å². The molecule has 5 rings (SSSR count). The summed E-state index contributed by atoms with van der Waals surface area (Å²) in [6.45, 7) is 8.28. The molecule has 0 unspecified atom stereocenters. The largest absolute Gasteiger partial charge is 0.415 e. The normalized spacial score (nSPS) is 17.3. The lowest BCUT2D eigenvalue weighted by atomic mass is 10.0. The Morgan fingerprint density at radius 2 is 1.76 bits per heavy atom. The average Bonchev–Trinajstić information content (AvgIpc) is 3.25. The van der Waals surface area contributed by atoms with Gasteiger partial charge in [-0.25, -0.2) is 9.59 Å². The number of nitrogens with one attached hydrogen (secondary N) is 1. The second-order valence-corrected chi connectivity index (χ2v) is 10.1. The number of carbonyl (C=O) groups is 3. The lowest BCUT2D eigenvalue weighted by Gasteiger charge is -2.31.